The zero-order valence-corrected chi connectivity index (χ0v) is 19.8. The van der Waals surface area contributed by atoms with Crippen molar-refractivity contribution in [2.75, 3.05) is 56.5 Å². The number of hydrogen-bond donors (Lipinski definition) is 2. The predicted octanol–water partition coefficient (Wildman–Crippen LogP) is 2.88. The highest BCUT2D eigenvalue weighted by Gasteiger charge is 2.44. The maximum absolute atomic E-state index is 16.6. The van der Waals surface area contributed by atoms with Gasteiger partial charge in [-0.1, -0.05) is 6.07 Å². The molecule has 1 aromatic carbocycles. The second-order valence-corrected chi connectivity index (χ2v) is 9.01. The molecular formula is C27H34F2N6O2. The lowest BCUT2D eigenvalue weighted by molar-refractivity contribution is -0.133. The van der Waals surface area contributed by atoms with Gasteiger partial charge in [-0.2, -0.15) is 9.37 Å². The van der Waals surface area contributed by atoms with Crippen LogP contribution < -0.4 is 15.9 Å². The molecule has 4 unspecified atom stereocenters. The molecule has 4 aliphatic rings. The Hall–Kier alpha value is -2.85. The fourth-order valence-electron chi connectivity index (χ4n) is 4.61. The van der Waals surface area contributed by atoms with Crippen molar-refractivity contribution in [3.63, 3.8) is 0 Å². The molecule has 0 radical (unpaired) electrons. The maximum atomic E-state index is 16.6. The number of likely N-dealkylation sites (tertiary alicyclic amines) is 1. The highest BCUT2D eigenvalue weighted by molar-refractivity contribution is 5.80. The minimum absolute atomic E-state index is 0.00268. The van der Waals surface area contributed by atoms with Gasteiger partial charge in [-0.15, -0.1) is 0 Å². The summed E-state index contributed by atoms with van der Waals surface area (Å²) in [5.41, 5.74) is 5.39. The molecule has 1 aromatic heterocycles. The fourth-order valence-corrected chi connectivity index (χ4v) is 4.61. The number of carbonyl (C=O) groups is 1. The highest BCUT2D eigenvalue weighted by atomic mass is 19.1. The molecule has 3 N–H and O–H groups in total. The lowest BCUT2D eigenvalue weighted by atomic mass is 9.69. The molecule has 2 aromatic rings. The van der Waals surface area contributed by atoms with Crippen molar-refractivity contribution in [2.24, 2.45) is 11.8 Å². The number of halogens is 2. The van der Waals surface area contributed by atoms with Gasteiger partial charge in [0.15, 0.2) is 1.41 Å². The van der Waals surface area contributed by atoms with Crippen LogP contribution in [-0.2, 0) is 16.1 Å². The van der Waals surface area contributed by atoms with Crippen LogP contribution in [0.5, 0.6) is 0 Å². The maximum Gasteiger partial charge on any atom is 0.241 e. The standard InChI is InChI=1S/C27H34F2N6O2/c28-21-14-31-27(36)19-4-2-17(13-20(19)21)24-26(30)33-25(29)23(32-24)16-3-5-22(35-8-10-37-11-9-35)18(12-16)15-34-6-1-7-34/h3,5,12,17,19-21H,1-2,4,6-11,13-15H2,(H2,30,33)(H,31,36)/i2D2,4D2,13D2,14D2,17D,19D,20D,21D/hD. The first-order valence-corrected chi connectivity index (χ1v) is 11.9. The van der Waals surface area contributed by atoms with Gasteiger partial charge in [0.05, 0.1) is 23.0 Å². The Morgan fingerprint density at radius 3 is 2.81 bits per heavy atom. The fraction of sp³-hybridized carbons (Fsp3) is 0.593. The number of fused-ring (bicyclic) bond motifs is 1. The van der Waals surface area contributed by atoms with Gasteiger partial charge in [-0.3, -0.25) is 9.69 Å². The Morgan fingerprint density at radius 2 is 2.05 bits per heavy atom. The van der Waals surface area contributed by atoms with Crippen molar-refractivity contribution in [1.82, 2.24) is 20.2 Å². The summed E-state index contributed by atoms with van der Waals surface area (Å²) in [6, 6.07) is 4.67. The third-order valence-corrected chi connectivity index (χ3v) is 6.67. The molecular weight excluding hydrogens is 478 g/mol. The number of ether oxygens (including phenoxy) is 1. The van der Waals surface area contributed by atoms with Crippen molar-refractivity contribution in [3.8, 4) is 11.3 Å². The van der Waals surface area contributed by atoms with Gasteiger partial charge < -0.3 is 20.7 Å². The van der Waals surface area contributed by atoms with Crippen LogP contribution in [0.3, 0.4) is 0 Å². The molecule has 3 aliphatic heterocycles. The van der Waals surface area contributed by atoms with Gasteiger partial charge in [0, 0.05) is 67.4 Å². The quantitative estimate of drug-likeness (QED) is 0.620. The van der Waals surface area contributed by atoms with Gasteiger partial charge in [-0.05, 0) is 56.3 Å². The third-order valence-electron chi connectivity index (χ3n) is 6.67. The number of amides is 1. The van der Waals surface area contributed by atoms with Crippen LogP contribution in [0, 0.1) is 17.7 Å². The molecule has 6 rings (SSSR count). The number of benzene rings is 1. The number of anilines is 2. The van der Waals surface area contributed by atoms with Gasteiger partial charge in [0.2, 0.25) is 11.9 Å². The first-order valence-electron chi connectivity index (χ1n) is 18.4. The average Bonchev–Trinajstić information content (AvgIpc) is 3.03. The van der Waals surface area contributed by atoms with E-state index in [-0.39, 0.29) is 5.56 Å². The molecule has 0 spiro atoms. The van der Waals surface area contributed by atoms with Gasteiger partial charge >= 0.3 is 0 Å². The van der Waals surface area contributed by atoms with Crippen LogP contribution in [0.2, 0.25) is 1.41 Å². The number of nitrogens with one attached hydrogen (secondary N) is 1. The number of nitrogen functional groups attached to an aromatic ring is 1. The molecule has 1 amide bonds. The Morgan fingerprint density at radius 1 is 1.24 bits per heavy atom. The molecule has 198 valence electrons. The lowest BCUT2D eigenvalue weighted by Gasteiger charge is -2.40. The molecule has 8 nitrogen and oxygen atoms in total. The Kier molecular flexibility index (Phi) is 3.78. The van der Waals surface area contributed by atoms with E-state index in [2.05, 4.69) is 19.8 Å². The summed E-state index contributed by atoms with van der Waals surface area (Å²) in [6.07, 6.45) is -16.9. The average molecular weight is 526 g/mol. The van der Waals surface area contributed by atoms with Gasteiger partial charge in [0.1, 0.15) is 17.7 Å². The van der Waals surface area contributed by atoms with Crippen molar-refractivity contribution in [2.45, 2.75) is 44.1 Å². The minimum atomic E-state index is -4.90. The van der Waals surface area contributed by atoms with Crippen molar-refractivity contribution < 1.29 is 36.2 Å². The minimum Gasteiger partial charge on any atom is -0.382 e. The van der Waals surface area contributed by atoms with Crippen molar-refractivity contribution in [1.29, 1.82) is 0 Å². The number of rotatable bonds is 5. The van der Waals surface area contributed by atoms with Crippen LogP contribution in [0.4, 0.5) is 20.3 Å². The molecule has 1 saturated carbocycles. The van der Waals surface area contributed by atoms with E-state index in [1.165, 1.54) is 6.07 Å². The molecule has 4 heterocycles. The number of carbonyl (C=O) groups excluding carboxylic acids is 1. The first-order chi connectivity index (χ1) is 22.9. The molecule has 4 atom stereocenters. The van der Waals surface area contributed by atoms with Crippen LogP contribution in [0.15, 0.2) is 18.2 Å². The first kappa shape index (κ1) is 13.8. The molecule has 10 heteroatoms. The van der Waals surface area contributed by atoms with Gasteiger partial charge in [0.25, 0.3) is 0 Å². The summed E-state index contributed by atoms with van der Waals surface area (Å²) >= 11 is 0. The third kappa shape index (κ3) is 4.77. The van der Waals surface area contributed by atoms with E-state index in [0.717, 1.165) is 25.2 Å². The summed E-state index contributed by atoms with van der Waals surface area (Å²) in [7, 11) is 0. The van der Waals surface area contributed by atoms with Crippen LogP contribution in [0.1, 0.15) is 59.1 Å². The second-order valence-electron chi connectivity index (χ2n) is 9.01. The van der Waals surface area contributed by atoms with E-state index >= 15 is 8.78 Å². The summed E-state index contributed by atoms with van der Waals surface area (Å²) in [6.45, 7) is -0.105. The number of morpholine rings is 1. The van der Waals surface area contributed by atoms with Gasteiger partial charge in [-0.25, -0.2) is 9.37 Å². The second kappa shape index (κ2) is 10.1. The Balaban J connectivity index is 1.59. The number of piperidine rings is 1. The number of nitrogens with zero attached hydrogens (tertiary/aromatic N) is 4. The van der Waals surface area contributed by atoms with Crippen LogP contribution in [0.25, 0.3) is 11.3 Å². The number of nitrogens with two attached hydrogens (primary N) is 1. The molecule has 1 aliphatic carbocycles. The normalized spacial score (nSPS) is 47.2. The van der Waals surface area contributed by atoms with E-state index < -0.39 is 83.8 Å². The van der Waals surface area contributed by atoms with Crippen LogP contribution >= 0.6 is 0 Å². The Labute approximate surface area is 233 Å². The van der Waals surface area contributed by atoms with E-state index in [0.29, 0.717) is 38.4 Å². The zero-order chi connectivity index (χ0) is 37.3. The summed E-state index contributed by atoms with van der Waals surface area (Å²) in [5.74, 6) is -18.0. The molecule has 0 bridgehead atoms. The smallest absolute Gasteiger partial charge is 0.241 e. The molecule has 37 heavy (non-hydrogen) atoms. The molecule has 4 fully saturated rings. The topological polar surface area (TPSA) is 96.6 Å². The summed E-state index contributed by atoms with van der Waals surface area (Å²) in [4.78, 5) is 25.1. The Bertz CT molecular complexity index is 1750. The molecule has 3 saturated heterocycles. The van der Waals surface area contributed by atoms with E-state index in [4.69, 9.17) is 27.0 Å². The SMILES string of the molecule is [2H]N1C(=O)C2([2H])C([2H])([2H])C([2H])([2H])C([2H])(c3nc(-c4ccc(N5CCOCC5)c(CN5CCC5)c4)c(F)nc3N)C([2H])([2H])C2([2H])C([2H])(F)C1([2H])[2H]. The number of alkyl halides is 1. The summed E-state index contributed by atoms with van der Waals surface area (Å²) in [5, 5.41) is -0.927. The number of hydrogen-bond acceptors (Lipinski definition) is 7. The van der Waals surface area contributed by atoms with Crippen molar-refractivity contribution >= 4 is 17.4 Å². The van der Waals surface area contributed by atoms with E-state index in [1.807, 2.05) is 0 Å². The van der Waals surface area contributed by atoms with Crippen molar-refractivity contribution in [3.05, 3.63) is 35.4 Å². The largest absolute Gasteiger partial charge is 0.382 e. The van der Waals surface area contributed by atoms with Crippen LogP contribution in [-0.4, -0.2) is 72.8 Å². The predicted molar refractivity (Wildman–Crippen MR) is 136 cm³/mol. The monoisotopic (exact) mass is 525 g/mol. The van der Waals surface area contributed by atoms with E-state index in [1.54, 1.807) is 12.1 Å². The zero-order valence-electron chi connectivity index (χ0n) is 32.8. The summed E-state index contributed by atoms with van der Waals surface area (Å²) < 4.78 is 150. The lowest BCUT2D eigenvalue weighted by Crippen LogP contribution is -2.51. The highest BCUT2D eigenvalue weighted by Crippen LogP contribution is 2.44. The number of aromatic nitrogens is 2. The van der Waals surface area contributed by atoms with E-state index in [9.17, 15) is 6.17 Å².